The van der Waals surface area contributed by atoms with Gasteiger partial charge in [0.15, 0.2) is 0 Å². The molecule has 0 unspecified atom stereocenters. The summed E-state index contributed by atoms with van der Waals surface area (Å²) >= 11 is 1.73. The average Bonchev–Trinajstić information content (AvgIpc) is 2.76. The number of hydrogen-bond acceptors (Lipinski definition) is 2. The Morgan fingerprint density at radius 3 is 2.88 bits per heavy atom. The molecule has 2 aromatic rings. The summed E-state index contributed by atoms with van der Waals surface area (Å²) in [7, 11) is 0. The Kier molecular flexibility index (Phi) is 3.70. The van der Waals surface area contributed by atoms with E-state index in [0.29, 0.717) is 6.54 Å². The maximum atomic E-state index is 13.0. The molecule has 0 atom stereocenters. The van der Waals surface area contributed by atoms with E-state index in [-0.39, 0.29) is 5.82 Å². The van der Waals surface area contributed by atoms with Crippen LogP contribution in [0.15, 0.2) is 35.7 Å². The number of aryl methyl sites for hydroxylation is 1. The minimum Gasteiger partial charge on any atom is -0.308 e. The second-order valence-corrected chi connectivity index (χ2v) is 4.79. The van der Waals surface area contributed by atoms with Crippen molar-refractivity contribution in [2.24, 2.45) is 0 Å². The van der Waals surface area contributed by atoms with Crippen LogP contribution in [0.2, 0.25) is 0 Å². The van der Waals surface area contributed by atoms with Crippen molar-refractivity contribution in [3.63, 3.8) is 0 Å². The van der Waals surface area contributed by atoms with E-state index in [1.165, 1.54) is 10.9 Å². The van der Waals surface area contributed by atoms with Crippen LogP contribution in [0.5, 0.6) is 0 Å². The first-order valence-corrected chi connectivity index (χ1v) is 6.12. The summed E-state index contributed by atoms with van der Waals surface area (Å²) in [6.45, 7) is 3.55. The maximum absolute atomic E-state index is 13.0. The SMILES string of the molecule is Cc1ccc(F)cc1CNCc1cccs1. The molecule has 1 aromatic carbocycles. The Hall–Kier alpha value is -1.19. The van der Waals surface area contributed by atoms with E-state index in [2.05, 4.69) is 16.8 Å². The maximum Gasteiger partial charge on any atom is 0.123 e. The van der Waals surface area contributed by atoms with Crippen molar-refractivity contribution in [2.75, 3.05) is 0 Å². The normalized spacial score (nSPS) is 10.6. The monoisotopic (exact) mass is 235 g/mol. The lowest BCUT2D eigenvalue weighted by atomic mass is 10.1. The molecule has 1 nitrogen and oxygen atoms in total. The highest BCUT2D eigenvalue weighted by atomic mass is 32.1. The molecular formula is C13H14FNS. The van der Waals surface area contributed by atoms with Gasteiger partial charge in [0, 0.05) is 18.0 Å². The lowest BCUT2D eigenvalue weighted by molar-refractivity contribution is 0.619. The molecule has 0 aliphatic heterocycles. The molecule has 0 saturated carbocycles. The van der Waals surface area contributed by atoms with Crippen LogP contribution in [0, 0.1) is 12.7 Å². The summed E-state index contributed by atoms with van der Waals surface area (Å²) in [5.74, 6) is -0.168. The predicted octanol–water partition coefficient (Wildman–Crippen LogP) is 3.49. The second kappa shape index (κ2) is 5.23. The molecule has 0 aliphatic rings. The molecular weight excluding hydrogens is 221 g/mol. The zero-order valence-corrected chi connectivity index (χ0v) is 9.98. The van der Waals surface area contributed by atoms with Crippen molar-refractivity contribution in [1.29, 1.82) is 0 Å². The first kappa shape index (κ1) is 11.3. The fraction of sp³-hybridized carbons (Fsp3) is 0.231. The van der Waals surface area contributed by atoms with E-state index in [1.54, 1.807) is 17.4 Å². The minimum atomic E-state index is -0.168. The summed E-state index contributed by atoms with van der Waals surface area (Å²) in [6, 6.07) is 9.04. The van der Waals surface area contributed by atoms with Gasteiger partial charge in [-0.05, 0) is 41.6 Å². The van der Waals surface area contributed by atoms with Gasteiger partial charge < -0.3 is 5.32 Å². The molecule has 0 bridgehead atoms. The number of halogens is 1. The molecule has 0 spiro atoms. The molecule has 16 heavy (non-hydrogen) atoms. The fourth-order valence-corrected chi connectivity index (χ4v) is 2.24. The molecule has 0 fully saturated rings. The van der Waals surface area contributed by atoms with Crippen LogP contribution < -0.4 is 5.32 Å². The van der Waals surface area contributed by atoms with Crippen LogP contribution >= 0.6 is 11.3 Å². The van der Waals surface area contributed by atoms with Crippen LogP contribution in [0.25, 0.3) is 0 Å². The molecule has 1 heterocycles. The lowest BCUT2D eigenvalue weighted by Crippen LogP contribution is -2.12. The third-order valence-corrected chi connectivity index (χ3v) is 3.38. The van der Waals surface area contributed by atoms with Gasteiger partial charge in [-0.1, -0.05) is 12.1 Å². The van der Waals surface area contributed by atoms with Crippen molar-refractivity contribution in [3.05, 3.63) is 57.5 Å². The number of benzene rings is 1. The van der Waals surface area contributed by atoms with Gasteiger partial charge in [-0.2, -0.15) is 0 Å². The number of hydrogen-bond donors (Lipinski definition) is 1. The van der Waals surface area contributed by atoms with Gasteiger partial charge in [0.1, 0.15) is 5.82 Å². The standard InChI is InChI=1S/C13H14FNS/c1-10-4-5-12(14)7-11(10)8-15-9-13-3-2-6-16-13/h2-7,15H,8-9H2,1H3. The zero-order valence-electron chi connectivity index (χ0n) is 9.16. The Balaban J connectivity index is 1.92. The van der Waals surface area contributed by atoms with Gasteiger partial charge >= 0.3 is 0 Å². The predicted molar refractivity (Wildman–Crippen MR) is 66.0 cm³/mol. The molecule has 84 valence electrons. The molecule has 0 aliphatic carbocycles. The van der Waals surface area contributed by atoms with E-state index in [4.69, 9.17) is 0 Å². The highest BCUT2D eigenvalue weighted by molar-refractivity contribution is 7.09. The molecule has 1 aromatic heterocycles. The van der Waals surface area contributed by atoms with Crippen molar-refractivity contribution in [1.82, 2.24) is 5.32 Å². The molecule has 3 heteroatoms. The van der Waals surface area contributed by atoms with Gasteiger partial charge in [0.25, 0.3) is 0 Å². The van der Waals surface area contributed by atoms with Crippen LogP contribution in [-0.4, -0.2) is 0 Å². The van der Waals surface area contributed by atoms with E-state index in [0.717, 1.165) is 17.7 Å². The van der Waals surface area contributed by atoms with Gasteiger partial charge in [0.2, 0.25) is 0 Å². The minimum absolute atomic E-state index is 0.168. The van der Waals surface area contributed by atoms with Crippen molar-refractivity contribution in [2.45, 2.75) is 20.0 Å². The first-order chi connectivity index (χ1) is 7.75. The number of thiophene rings is 1. The van der Waals surface area contributed by atoms with Crippen LogP contribution in [-0.2, 0) is 13.1 Å². The third kappa shape index (κ3) is 2.90. The molecule has 1 N–H and O–H groups in total. The van der Waals surface area contributed by atoms with Crippen molar-refractivity contribution >= 4 is 11.3 Å². The van der Waals surface area contributed by atoms with Crippen LogP contribution in [0.4, 0.5) is 4.39 Å². The smallest absolute Gasteiger partial charge is 0.123 e. The third-order valence-electron chi connectivity index (χ3n) is 2.51. The quantitative estimate of drug-likeness (QED) is 0.855. The summed E-state index contributed by atoms with van der Waals surface area (Å²) < 4.78 is 13.0. The van der Waals surface area contributed by atoms with E-state index >= 15 is 0 Å². The average molecular weight is 235 g/mol. The molecule has 2 rings (SSSR count). The highest BCUT2D eigenvalue weighted by Gasteiger charge is 2.00. The highest BCUT2D eigenvalue weighted by Crippen LogP contribution is 2.11. The van der Waals surface area contributed by atoms with Crippen LogP contribution in [0.3, 0.4) is 0 Å². The first-order valence-electron chi connectivity index (χ1n) is 5.24. The molecule has 0 radical (unpaired) electrons. The fourth-order valence-electron chi connectivity index (χ4n) is 1.56. The summed E-state index contributed by atoms with van der Waals surface area (Å²) in [6.07, 6.45) is 0. The van der Waals surface area contributed by atoms with E-state index in [9.17, 15) is 4.39 Å². The summed E-state index contributed by atoms with van der Waals surface area (Å²) in [5, 5.41) is 5.38. The lowest BCUT2D eigenvalue weighted by Gasteiger charge is -2.07. The topological polar surface area (TPSA) is 12.0 Å². The Morgan fingerprint density at radius 2 is 2.12 bits per heavy atom. The van der Waals surface area contributed by atoms with Gasteiger partial charge in [-0.15, -0.1) is 11.3 Å². The van der Waals surface area contributed by atoms with Gasteiger partial charge in [-0.3, -0.25) is 0 Å². The summed E-state index contributed by atoms with van der Waals surface area (Å²) in [5.41, 5.74) is 2.15. The van der Waals surface area contributed by atoms with Gasteiger partial charge in [-0.25, -0.2) is 4.39 Å². The Bertz CT molecular complexity index is 451. The number of nitrogens with one attached hydrogen (secondary N) is 1. The van der Waals surface area contributed by atoms with Crippen LogP contribution in [0.1, 0.15) is 16.0 Å². The van der Waals surface area contributed by atoms with E-state index < -0.39 is 0 Å². The number of rotatable bonds is 4. The van der Waals surface area contributed by atoms with E-state index in [1.807, 2.05) is 19.1 Å². The Labute approximate surface area is 98.9 Å². The largest absolute Gasteiger partial charge is 0.308 e. The Morgan fingerprint density at radius 1 is 1.25 bits per heavy atom. The molecule has 0 amide bonds. The summed E-state index contributed by atoms with van der Waals surface area (Å²) in [4.78, 5) is 1.30. The molecule has 0 saturated heterocycles. The van der Waals surface area contributed by atoms with Gasteiger partial charge in [0.05, 0.1) is 0 Å². The van der Waals surface area contributed by atoms with Crippen molar-refractivity contribution < 1.29 is 4.39 Å². The second-order valence-electron chi connectivity index (χ2n) is 3.75. The zero-order chi connectivity index (χ0) is 11.4. The van der Waals surface area contributed by atoms with Crippen molar-refractivity contribution in [3.8, 4) is 0 Å².